The minimum Gasteiger partial charge on any atom is -0.463 e. The largest absolute Gasteiger partial charge is 0.463 e. The fourth-order valence-corrected chi connectivity index (χ4v) is 6.21. The molecule has 0 spiro atoms. The van der Waals surface area contributed by atoms with E-state index in [2.05, 4.69) is 42.2 Å². The van der Waals surface area contributed by atoms with Crippen molar-refractivity contribution in [3.05, 3.63) is 127 Å². The number of rotatable bonds is 5. The average Bonchev–Trinajstić information content (AvgIpc) is 3.45. The van der Waals surface area contributed by atoms with Gasteiger partial charge < -0.3 is 9.72 Å². The number of hydrogen-bond acceptors (Lipinski definition) is 5. The number of hydrogen-bond donors (Lipinski definition) is 1. The fourth-order valence-electron chi connectivity index (χ4n) is 5.18. The van der Waals surface area contributed by atoms with E-state index in [0.717, 1.165) is 38.9 Å². The number of esters is 1. The fraction of sp³-hybridized carbons (Fsp3) is 0.156. The van der Waals surface area contributed by atoms with Gasteiger partial charge in [-0.1, -0.05) is 83.6 Å². The van der Waals surface area contributed by atoms with Crippen molar-refractivity contribution < 1.29 is 9.53 Å². The minimum atomic E-state index is -0.623. The van der Waals surface area contributed by atoms with Crippen LogP contribution in [-0.4, -0.2) is 22.1 Å². The molecule has 3 heterocycles. The number of nitrogens with one attached hydrogen (secondary N) is 1. The molecular weight excluding hydrogens is 506 g/mol. The van der Waals surface area contributed by atoms with Gasteiger partial charge in [0.05, 0.1) is 34.1 Å². The Labute approximate surface area is 229 Å². The number of carbonyl (C=O) groups is 1. The monoisotopic (exact) mass is 533 g/mol. The Morgan fingerprint density at radius 2 is 1.77 bits per heavy atom. The molecule has 5 aromatic rings. The number of ether oxygens (including phenoxy) is 1. The smallest absolute Gasteiger partial charge is 0.338 e. The van der Waals surface area contributed by atoms with Crippen LogP contribution in [0, 0.1) is 6.92 Å². The summed E-state index contributed by atoms with van der Waals surface area (Å²) in [6.07, 6.45) is 1.95. The van der Waals surface area contributed by atoms with Crippen LogP contribution < -0.4 is 14.9 Å². The number of H-pyrrole nitrogens is 1. The molecule has 7 heteroatoms. The average molecular weight is 534 g/mol. The standard InChI is InChI=1S/C32H27N3O3S/c1-4-38-31(37)27-20(3)33-32-35(29(27)22-13-9-6-10-14-22)30(36)26(39-32)18-24-23-17-19(2)15-16-25(23)34-28(24)21-11-7-5-8-12-21/h5-18,29,34H,4H2,1-3H3/b26-18+/t29-/m1/s1. The summed E-state index contributed by atoms with van der Waals surface area (Å²) in [6, 6.07) is 25.3. The quantitative estimate of drug-likeness (QED) is 0.313. The van der Waals surface area contributed by atoms with Gasteiger partial charge in [-0.3, -0.25) is 9.36 Å². The zero-order chi connectivity index (χ0) is 27.1. The maximum absolute atomic E-state index is 14.1. The molecule has 0 fully saturated rings. The Balaban J connectivity index is 1.62. The third-order valence-electron chi connectivity index (χ3n) is 6.96. The van der Waals surface area contributed by atoms with Gasteiger partial charge in [-0.15, -0.1) is 0 Å². The lowest BCUT2D eigenvalue weighted by Gasteiger charge is -2.24. The molecular formula is C32H27N3O3S. The van der Waals surface area contributed by atoms with Crippen LogP contribution in [0.25, 0.3) is 28.2 Å². The normalized spacial score (nSPS) is 15.4. The zero-order valence-corrected chi connectivity index (χ0v) is 22.7. The first-order chi connectivity index (χ1) is 19.0. The Morgan fingerprint density at radius 1 is 1.05 bits per heavy atom. The summed E-state index contributed by atoms with van der Waals surface area (Å²) in [5, 5.41) is 1.04. The number of carbonyl (C=O) groups excluding carboxylic acids is 1. The van der Waals surface area contributed by atoms with Gasteiger partial charge in [-0.25, -0.2) is 9.79 Å². The summed E-state index contributed by atoms with van der Waals surface area (Å²) >= 11 is 1.33. The van der Waals surface area contributed by atoms with Crippen molar-refractivity contribution in [2.75, 3.05) is 6.61 Å². The van der Waals surface area contributed by atoms with Gasteiger partial charge >= 0.3 is 5.97 Å². The van der Waals surface area contributed by atoms with Crippen LogP contribution in [0.3, 0.4) is 0 Å². The van der Waals surface area contributed by atoms with E-state index >= 15 is 0 Å². The lowest BCUT2D eigenvalue weighted by molar-refractivity contribution is -0.139. The predicted octanol–water partition coefficient (Wildman–Crippen LogP) is 5.26. The number of thiazole rings is 1. The molecule has 194 valence electrons. The number of nitrogens with zero attached hydrogens (tertiary/aromatic N) is 2. The highest BCUT2D eigenvalue weighted by molar-refractivity contribution is 7.07. The van der Waals surface area contributed by atoms with Crippen LogP contribution in [0.1, 0.15) is 36.6 Å². The van der Waals surface area contributed by atoms with Gasteiger partial charge in [0.1, 0.15) is 0 Å². The molecule has 39 heavy (non-hydrogen) atoms. The highest BCUT2D eigenvalue weighted by Gasteiger charge is 2.33. The third-order valence-corrected chi connectivity index (χ3v) is 7.95. The van der Waals surface area contributed by atoms with Gasteiger partial charge in [-0.05, 0) is 50.1 Å². The van der Waals surface area contributed by atoms with Gasteiger partial charge in [0.15, 0.2) is 4.80 Å². The summed E-state index contributed by atoms with van der Waals surface area (Å²) in [4.78, 5) is 36.0. The van der Waals surface area contributed by atoms with Crippen molar-refractivity contribution in [3.63, 3.8) is 0 Å². The molecule has 0 aliphatic carbocycles. The molecule has 1 aliphatic heterocycles. The molecule has 0 bridgehead atoms. The molecule has 3 aromatic carbocycles. The molecule has 1 aliphatic rings. The molecule has 0 amide bonds. The third kappa shape index (κ3) is 4.34. The van der Waals surface area contributed by atoms with Crippen LogP contribution in [0.4, 0.5) is 0 Å². The van der Waals surface area contributed by atoms with Gasteiger partial charge in [0.2, 0.25) is 0 Å². The number of benzene rings is 3. The maximum atomic E-state index is 14.1. The summed E-state index contributed by atoms with van der Waals surface area (Å²) in [5.41, 5.74) is 6.65. The Bertz CT molecular complexity index is 1930. The lowest BCUT2D eigenvalue weighted by Crippen LogP contribution is -2.39. The van der Waals surface area contributed by atoms with E-state index in [0.29, 0.717) is 20.6 Å². The first-order valence-electron chi connectivity index (χ1n) is 12.9. The van der Waals surface area contributed by atoms with E-state index in [1.165, 1.54) is 11.3 Å². The topological polar surface area (TPSA) is 76.4 Å². The molecule has 1 N–H and O–H groups in total. The molecule has 1 atom stereocenters. The second kappa shape index (κ2) is 10.0. The van der Waals surface area contributed by atoms with E-state index < -0.39 is 12.0 Å². The first kappa shape index (κ1) is 24.8. The van der Waals surface area contributed by atoms with Crippen molar-refractivity contribution in [2.24, 2.45) is 4.99 Å². The number of aryl methyl sites for hydroxylation is 1. The predicted molar refractivity (Wildman–Crippen MR) is 155 cm³/mol. The second-order valence-electron chi connectivity index (χ2n) is 9.54. The van der Waals surface area contributed by atoms with Crippen molar-refractivity contribution >= 4 is 34.3 Å². The van der Waals surface area contributed by atoms with Crippen molar-refractivity contribution in [1.29, 1.82) is 0 Å². The number of fused-ring (bicyclic) bond motifs is 2. The first-order valence-corrected chi connectivity index (χ1v) is 13.7. The Hall–Kier alpha value is -4.49. The zero-order valence-electron chi connectivity index (χ0n) is 21.9. The summed E-state index contributed by atoms with van der Waals surface area (Å²) < 4.78 is 7.57. The highest BCUT2D eigenvalue weighted by atomic mass is 32.1. The van der Waals surface area contributed by atoms with Gasteiger partial charge in [-0.2, -0.15) is 0 Å². The van der Waals surface area contributed by atoms with Crippen LogP contribution >= 0.6 is 11.3 Å². The van der Waals surface area contributed by atoms with E-state index in [1.54, 1.807) is 18.4 Å². The van der Waals surface area contributed by atoms with Crippen LogP contribution in [0.2, 0.25) is 0 Å². The number of aromatic amines is 1. The Morgan fingerprint density at radius 3 is 2.49 bits per heavy atom. The molecule has 6 nitrogen and oxygen atoms in total. The van der Waals surface area contributed by atoms with E-state index in [4.69, 9.17) is 9.73 Å². The second-order valence-corrected chi connectivity index (χ2v) is 10.6. The Kier molecular flexibility index (Phi) is 6.37. The summed E-state index contributed by atoms with van der Waals surface area (Å²) in [7, 11) is 0. The lowest BCUT2D eigenvalue weighted by atomic mass is 9.96. The highest BCUT2D eigenvalue weighted by Crippen LogP contribution is 2.33. The minimum absolute atomic E-state index is 0.192. The summed E-state index contributed by atoms with van der Waals surface area (Å²) in [6.45, 7) is 5.87. The molecule has 0 saturated heterocycles. The van der Waals surface area contributed by atoms with Crippen molar-refractivity contribution in [2.45, 2.75) is 26.8 Å². The number of allylic oxidation sites excluding steroid dienone is 1. The van der Waals surface area contributed by atoms with Gasteiger partial charge in [0, 0.05) is 16.5 Å². The van der Waals surface area contributed by atoms with Crippen molar-refractivity contribution in [1.82, 2.24) is 9.55 Å². The van der Waals surface area contributed by atoms with E-state index in [1.807, 2.05) is 54.6 Å². The maximum Gasteiger partial charge on any atom is 0.338 e. The van der Waals surface area contributed by atoms with Crippen LogP contribution in [0.15, 0.2) is 99.9 Å². The van der Waals surface area contributed by atoms with E-state index in [9.17, 15) is 9.59 Å². The molecule has 6 rings (SSSR count). The van der Waals surface area contributed by atoms with E-state index in [-0.39, 0.29) is 12.2 Å². The van der Waals surface area contributed by atoms with Crippen LogP contribution in [0.5, 0.6) is 0 Å². The van der Waals surface area contributed by atoms with Gasteiger partial charge in [0.25, 0.3) is 5.56 Å². The molecule has 0 saturated carbocycles. The summed E-state index contributed by atoms with van der Waals surface area (Å²) in [5.74, 6) is -0.458. The number of aromatic nitrogens is 2. The molecule has 0 unspecified atom stereocenters. The molecule has 2 aromatic heterocycles. The van der Waals surface area contributed by atoms with Crippen molar-refractivity contribution in [3.8, 4) is 11.3 Å². The van der Waals surface area contributed by atoms with Crippen LogP contribution in [-0.2, 0) is 9.53 Å². The molecule has 0 radical (unpaired) electrons. The SMILES string of the molecule is CCOC(=O)C1=C(C)N=c2s/c(=C/c3c(-c4ccccc4)[nH]c4ccc(C)cc34)c(=O)n2[C@@H]1c1ccccc1.